The Hall–Kier alpha value is -2.87. The van der Waals surface area contributed by atoms with Crippen LogP contribution in [0.15, 0.2) is 53.7 Å². The zero-order valence-electron chi connectivity index (χ0n) is 21.0. The average molecular weight is 509 g/mol. The van der Waals surface area contributed by atoms with Crippen molar-refractivity contribution in [3.8, 4) is 0 Å². The largest absolute Gasteiger partial charge is 0.390 e. The number of halogens is 1. The minimum Gasteiger partial charge on any atom is -0.390 e. The van der Waals surface area contributed by atoms with Crippen LogP contribution in [0.1, 0.15) is 29.5 Å². The summed E-state index contributed by atoms with van der Waals surface area (Å²) in [6, 6.07) is 13.7. The molecular weight excluding hydrogens is 472 g/mol. The van der Waals surface area contributed by atoms with E-state index in [0.717, 1.165) is 50.0 Å². The second kappa shape index (κ2) is 12.4. The van der Waals surface area contributed by atoms with Crippen molar-refractivity contribution in [2.24, 2.45) is 16.5 Å². The van der Waals surface area contributed by atoms with Gasteiger partial charge in [-0.25, -0.2) is 0 Å². The first-order valence-electron chi connectivity index (χ1n) is 12.7. The van der Waals surface area contributed by atoms with Gasteiger partial charge in [-0.15, -0.1) is 0 Å². The number of benzene rings is 2. The fourth-order valence-corrected chi connectivity index (χ4v) is 5.42. The maximum atomic E-state index is 13.5. The van der Waals surface area contributed by atoms with Gasteiger partial charge in [-0.3, -0.25) is 14.7 Å². The number of aromatic amines is 1. The molecule has 7 nitrogen and oxygen atoms in total. The lowest BCUT2D eigenvalue weighted by Gasteiger charge is -2.42. The Morgan fingerprint density at radius 2 is 2.08 bits per heavy atom. The standard InChI is InChI=1S/C28H37ClN6O/c1-20-15-23(29)9-8-21(20)16-26(31)28(36)35-14-13-34(18-24(35)5-4-11-32-19-30)12-10-22-17-33-27-7-3-2-6-25(22)27/h2-3,6-9,15,17,19,24,26,33H,4-5,10-14,16,18,31H2,1H3,(H2,30,32)/t24-,26+/m0/s1. The predicted molar refractivity (Wildman–Crippen MR) is 149 cm³/mol. The number of aliphatic imine (C=N–C) groups is 1. The van der Waals surface area contributed by atoms with E-state index in [1.165, 1.54) is 22.8 Å². The van der Waals surface area contributed by atoms with Gasteiger partial charge in [-0.1, -0.05) is 35.9 Å². The fourth-order valence-electron chi connectivity index (χ4n) is 5.20. The van der Waals surface area contributed by atoms with Gasteiger partial charge in [0.15, 0.2) is 0 Å². The molecule has 4 rings (SSSR count). The number of rotatable bonds is 10. The number of piperazine rings is 1. The average Bonchev–Trinajstić information content (AvgIpc) is 3.30. The smallest absolute Gasteiger partial charge is 0.240 e. The molecule has 0 bridgehead atoms. The number of carbonyl (C=O) groups excluding carboxylic acids is 1. The van der Waals surface area contributed by atoms with Gasteiger partial charge in [0.05, 0.1) is 12.4 Å². The van der Waals surface area contributed by atoms with Gasteiger partial charge in [0.2, 0.25) is 5.91 Å². The van der Waals surface area contributed by atoms with E-state index in [9.17, 15) is 4.79 Å². The molecule has 1 fully saturated rings. The van der Waals surface area contributed by atoms with E-state index >= 15 is 0 Å². The summed E-state index contributed by atoms with van der Waals surface area (Å²) in [6.45, 7) is 6.00. The van der Waals surface area contributed by atoms with Crippen LogP contribution in [0, 0.1) is 6.92 Å². The quantitative estimate of drug-likeness (QED) is 0.221. The zero-order chi connectivity index (χ0) is 25.5. The SMILES string of the molecule is Cc1cc(Cl)ccc1C[C@@H](N)C(=O)N1CCN(CCc2c[nH]c3ccccc23)C[C@@H]1CCCN=CN. The van der Waals surface area contributed by atoms with E-state index in [1.54, 1.807) is 0 Å². The molecule has 1 aromatic heterocycles. The summed E-state index contributed by atoms with van der Waals surface area (Å²) in [5.74, 6) is 0.0213. The zero-order valence-corrected chi connectivity index (χ0v) is 21.8. The molecule has 8 heteroatoms. The number of hydrogen-bond acceptors (Lipinski definition) is 4. The molecule has 0 unspecified atom stereocenters. The van der Waals surface area contributed by atoms with Crippen molar-refractivity contribution >= 4 is 34.7 Å². The number of aryl methyl sites for hydroxylation is 1. The first-order chi connectivity index (χ1) is 17.5. The van der Waals surface area contributed by atoms with Crippen LogP contribution in [0.2, 0.25) is 5.02 Å². The van der Waals surface area contributed by atoms with Crippen molar-refractivity contribution in [1.29, 1.82) is 0 Å². The maximum absolute atomic E-state index is 13.5. The molecule has 2 aromatic carbocycles. The Kier molecular flexibility index (Phi) is 9.02. The monoisotopic (exact) mass is 508 g/mol. The molecule has 36 heavy (non-hydrogen) atoms. The highest BCUT2D eigenvalue weighted by atomic mass is 35.5. The van der Waals surface area contributed by atoms with Crippen LogP contribution in [-0.2, 0) is 17.6 Å². The second-order valence-electron chi connectivity index (χ2n) is 9.67. The maximum Gasteiger partial charge on any atom is 0.240 e. The van der Waals surface area contributed by atoms with Crippen LogP contribution < -0.4 is 11.5 Å². The molecule has 0 spiro atoms. The van der Waals surface area contributed by atoms with Crippen LogP contribution in [0.25, 0.3) is 10.9 Å². The van der Waals surface area contributed by atoms with E-state index < -0.39 is 6.04 Å². The summed E-state index contributed by atoms with van der Waals surface area (Å²) in [5, 5.41) is 1.98. The van der Waals surface area contributed by atoms with Gasteiger partial charge < -0.3 is 21.4 Å². The van der Waals surface area contributed by atoms with Crippen molar-refractivity contribution in [1.82, 2.24) is 14.8 Å². The number of aromatic nitrogens is 1. The Labute approximate surface area is 218 Å². The predicted octanol–water partition coefficient (Wildman–Crippen LogP) is 3.52. The summed E-state index contributed by atoms with van der Waals surface area (Å²) in [6.07, 6.45) is 6.69. The lowest BCUT2D eigenvalue weighted by molar-refractivity contribution is -0.137. The Morgan fingerprint density at radius 3 is 2.89 bits per heavy atom. The molecule has 3 aromatic rings. The highest BCUT2D eigenvalue weighted by Gasteiger charge is 2.32. The third-order valence-corrected chi connectivity index (χ3v) is 7.45. The number of amides is 1. The van der Waals surface area contributed by atoms with Gasteiger partial charge >= 0.3 is 0 Å². The number of carbonyl (C=O) groups is 1. The third kappa shape index (κ3) is 6.46. The van der Waals surface area contributed by atoms with Gasteiger partial charge in [-0.05, 0) is 67.5 Å². The minimum atomic E-state index is -0.577. The molecule has 1 amide bonds. The van der Waals surface area contributed by atoms with Gasteiger partial charge in [0.1, 0.15) is 0 Å². The Balaban J connectivity index is 1.40. The van der Waals surface area contributed by atoms with Gasteiger partial charge in [0.25, 0.3) is 0 Å². The van der Waals surface area contributed by atoms with Crippen molar-refractivity contribution in [2.45, 2.75) is 44.7 Å². The summed E-state index contributed by atoms with van der Waals surface area (Å²) in [7, 11) is 0. The molecule has 1 aliphatic rings. The fraction of sp³-hybridized carbons (Fsp3) is 0.429. The number of hydrogen-bond donors (Lipinski definition) is 3. The Bertz CT molecular complexity index is 1190. The third-order valence-electron chi connectivity index (χ3n) is 7.21. The molecule has 2 heterocycles. The van der Waals surface area contributed by atoms with Crippen LogP contribution >= 0.6 is 11.6 Å². The van der Waals surface area contributed by atoms with Crippen LogP contribution in [-0.4, -0.2) is 71.8 Å². The van der Waals surface area contributed by atoms with Crippen molar-refractivity contribution in [2.75, 3.05) is 32.7 Å². The summed E-state index contributed by atoms with van der Waals surface area (Å²) >= 11 is 6.10. The molecule has 192 valence electrons. The number of nitrogens with zero attached hydrogens (tertiary/aromatic N) is 3. The lowest BCUT2D eigenvalue weighted by atomic mass is 9.98. The molecule has 1 saturated heterocycles. The van der Waals surface area contributed by atoms with Crippen molar-refractivity contribution in [3.05, 3.63) is 70.4 Å². The number of H-pyrrole nitrogens is 1. The van der Waals surface area contributed by atoms with Crippen LogP contribution in [0.4, 0.5) is 0 Å². The van der Waals surface area contributed by atoms with Gasteiger partial charge in [0, 0.05) is 60.9 Å². The number of para-hydroxylation sites is 1. The van der Waals surface area contributed by atoms with E-state index in [-0.39, 0.29) is 11.9 Å². The van der Waals surface area contributed by atoms with E-state index in [1.807, 2.05) is 30.0 Å². The van der Waals surface area contributed by atoms with Crippen molar-refractivity contribution < 1.29 is 4.79 Å². The first-order valence-corrected chi connectivity index (χ1v) is 13.1. The van der Waals surface area contributed by atoms with Gasteiger partial charge in [-0.2, -0.15) is 0 Å². The molecule has 5 N–H and O–H groups in total. The van der Waals surface area contributed by atoms with Crippen LogP contribution in [0.3, 0.4) is 0 Å². The summed E-state index contributed by atoms with van der Waals surface area (Å²) < 4.78 is 0. The summed E-state index contributed by atoms with van der Waals surface area (Å²) in [5.41, 5.74) is 16.5. The number of nitrogens with one attached hydrogen (secondary N) is 1. The molecule has 0 radical (unpaired) electrons. The molecule has 2 atom stereocenters. The number of fused-ring (bicyclic) bond motifs is 1. The van der Waals surface area contributed by atoms with E-state index in [2.05, 4.69) is 45.3 Å². The van der Waals surface area contributed by atoms with E-state index in [0.29, 0.717) is 24.5 Å². The lowest BCUT2D eigenvalue weighted by Crippen LogP contribution is -2.59. The molecule has 1 aliphatic heterocycles. The molecule has 0 saturated carbocycles. The minimum absolute atomic E-state index is 0.0213. The van der Waals surface area contributed by atoms with Crippen LogP contribution in [0.5, 0.6) is 0 Å². The molecular formula is C28H37ClN6O. The summed E-state index contributed by atoms with van der Waals surface area (Å²) in [4.78, 5) is 25.5. The molecule has 0 aliphatic carbocycles. The Morgan fingerprint density at radius 1 is 1.25 bits per heavy atom. The highest BCUT2D eigenvalue weighted by Crippen LogP contribution is 2.22. The normalized spacial score (nSPS) is 17.8. The number of nitrogens with two attached hydrogens (primary N) is 2. The second-order valence-corrected chi connectivity index (χ2v) is 10.1. The van der Waals surface area contributed by atoms with Crippen molar-refractivity contribution in [3.63, 3.8) is 0 Å². The highest BCUT2D eigenvalue weighted by molar-refractivity contribution is 6.30. The van der Waals surface area contributed by atoms with E-state index in [4.69, 9.17) is 23.1 Å². The topological polar surface area (TPSA) is 104 Å². The first kappa shape index (κ1) is 26.2.